The maximum Gasteiger partial charge on any atom is 0.136 e. The van der Waals surface area contributed by atoms with E-state index in [-0.39, 0.29) is 17.0 Å². The number of thioether (sulfide) groups is 1. The number of hydrogen-bond donors (Lipinski definition) is 1. The lowest BCUT2D eigenvalue weighted by Gasteiger charge is -2.11. The molecule has 1 fully saturated rings. The quantitative estimate of drug-likeness (QED) is 0.623. The minimum atomic E-state index is -0.380. The van der Waals surface area contributed by atoms with Crippen LogP contribution in [-0.2, 0) is 0 Å². The molecule has 0 bridgehead atoms. The first-order valence-corrected chi connectivity index (χ1v) is 6.46. The van der Waals surface area contributed by atoms with Gasteiger partial charge in [-0.25, -0.2) is 8.78 Å². The van der Waals surface area contributed by atoms with Gasteiger partial charge in [0, 0.05) is 10.6 Å². The zero-order valence-electron chi connectivity index (χ0n) is 8.17. The monoisotopic (exact) mass is 246 g/mol. The summed E-state index contributed by atoms with van der Waals surface area (Å²) in [5, 5.41) is 0. The van der Waals surface area contributed by atoms with Gasteiger partial charge in [0.15, 0.2) is 0 Å². The SMILES string of the molecule is Fc1ccc(F)c(SCC2(CS)CC2)c1. The van der Waals surface area contributed by atoms with Gasteiger partial charge in [-0.15, -0.1) is 11.8 Å². The first-order chi connectivity index (χ1) is 7.15. The van der Waals surface area contributed by atoms with Gasteiger partial charge in [0.1, 0.15) is 11.6 Å². The second kappa shape index (κ2) is 4.34. The highest BCUT2D eigenvalue weighted by atomic mass is 32.2. The molecule has 15 heavy (non-hydrogen) atoms. The van der Waals surface area contributed by atoms with E-state index < -0.39 is 0 Å². The third-order valence-electron chi connectivity index (χ3n) is 2.72. The summed E-state index contributed by atoms with van der Waals surface area (Å²) in [6.07, 6.45) is 2.31. The molecule has 82 valence electrons. The smallest absolute Gasteiger partial charge is 0.136 e. The van der Waals surface area contributed by atoms with Crippen LogP contribution in [0.5, 0.6) is 0 Å². The molecule has 0 atom stereocenters. The number of thiol groups is 1. The number of rotatable bonds is 4. The maximum absolute atomic E-state index is 13.3. The average Bonchev–Trinajstić information content (AvgIpc) is 3.00. The van der Waals surface area contributed by atoms with Crippen LogP contribution in [0.25, 0.3) is 0 Å². The van der Waals surface area contributed by atoms with Gasteiger partial charge in [-0.2, -0.15) is 12.6 Å². The third-order valence-corrected chi connectivity index (χ3v) is 4.77. The summed E-state index contributed by atoms with van der Waals surface area (Å²) >= 11 is 5.67. The Balaban J connectivity index is 2.01. The molecule has 1 aliphatic carbocycles. The van der Waals surface area contributed by atoms with Crippen molar-refractivity contribution >= 4 is 24.4 Å². The fourth-order valence-corrected chi connectivity index (χ4v) is 3.18. The van der Waals surface area contributed by atoms with Gasteiger partial charge >= 0.3 is 0 Å². The van der Waals surface area contributed by atoms with Crippen LogP contribution in [0, 0.1) is 17.0 Å². The molecule has 0 radical (unpaired) electrons. The van der Waals surface area contributed by atoms with E-state index in [1.807, 2.05) is 0 Å². The molecule has 0 aliphatic heterocycles. The summed E-state index contributed by atoms with van der Waals surface area (Å²) in [5.41, 5.74) is 0.270. The van der Waals surface area contributed by atoms with Crippen molar-refractivity contribution in [3.05, 3.63) is 29.8 Å². The molecule has 1 aromatic carbocycles. The van der Waals surface area contributed by atoms with Crippen molar-refractivity contribution in [1.29, 1.82) is 0 Å². The fraction of sp³-hybridized carbons (Fsp3) is 0.455. The van der Waals surface area contributed by atoms with E-state index >= 15 is 0 Å². The van der Waals surface area contributed by atoms with E-state index in [0.717, 1.165) is 30.4 Å². The minimum absolute atomic E-state index is 0.270. The van der Waals surface area contributed by atoms with E-state index in [1.165, 1.54) is 23.9 Å². The Morgan fingerprint density at radius 1 is 1.33 bits per heavy atom. The summed E-state index contributed by atoms with van der Waals surface area (Å²) in [6, 6.07) is 3.58. The van der Waals surface area contributed by atoms with E-state index in [1.54, 1.807) is 0 Å². The van der Waals surface area contributed by atoms with Gasteiger partial charge in [-0.1, -0.05) is 0 Å². The van der Waals surface area contributed by atoms with Crippen LogP contribution in [-0.4, -0.2) is 11.5 Å². The largest absolute Gasteiger partial charge is 0.207 e. The highest BCUT2D eigenvalue weighted by Gasteiger charge is 2.41. The lowest BCUT2D eigenvalue weighted by atomic mass is 10.2. The Kier molecular flexibility index (Phi) is 3.26. The first-order valence-electron chi connectivity index (χ1n) is 4.84. The Labute approximate surface area is 97.9 Å². The Morgan fingerprint density at radius 2 is 2.07 bits per heavy atom. The Hall–Kier alpha value is -0.220. The molecule has 4 heteroatoms. The van der Waals surface area contributed by atoms with Gasteiger partial charge in [0.05, 0.1) is 0 Å². The lowest BCUT2D eigenvalue weighted by Crippen LogP contribution is -2.05. The zero-order valence-corrected chi connectivity index (χ0v) is 9.88. The molecule has 1 aliphatic rings. The molecule has 1 saturated carbocycles. The molecule has 0 saturated heterocycles. The molecular formula is C11H12F2S2. The van der Waals surface area contributed by atoms with Crippen molar-refractivity contribution in [2.45, 2.75) is 17.7 Å². The molecule has 0 N–H and O–H groups in total. The first kappa shape index (κ1) is 11.3. The summed E-state index contributed by atoms with van der Waals surface area (Å²) in [4.78, 5) is 0.406. The summed E-state index contributed by atoms with van der Waals surface area (Å²) in [5.74, 6) is 0.944. The molecular weight excluding hydrogens is 234 g/mol. The minimum Gasteiger partial charge on any atom is -0.207 e. The van der Waals surface area contributed by atoms with Crippen LogP contribution in [0.2, 0.25) is 0 Å². The second-order valence-corrected chi connectivity index (χ2v) is 5.35. The summed E-state index contributed by atoms with van der Waals surface area (Å²) < 4.78 is 26.1. The summed E-state index contributed by atoms with van der Waals surface area (Å²) in [6.45, 7) is 0. The van der Waals surface area contributed by atoms with Crippen molar-refractivity contribution in [1.82, 2.24) is 0 Å². The van der Waals surface area contributed by atoms with Crippen molar-refractivity contribution in [3.8, 4) is 0 Å². The van der Waals surface area contributed by atoms with Crippen molar-refractivity contribution in [2.75, 3.05) is 11.5 Å². The molecule has 0 amide bonds. The van der Waals surface area contributed by atoms with Crippen LogP contribution in [0.1, 0.15) is 12.8 Å². The van der Waals surface area contributed by atoms with Crippen molar-refractivity contribution in [3.63, 3.8) is 0 Å². The fourth-order valence-electron chi connectivity index (χ4n) is 1.34. The molecule has 0 aromatic heterocycles. The molecule has 0 unspecified atom stereocenters. The Morgan fingerprint density at radius 3 is 2.67 bits per heavy atom. The maximum atomic E-state index is 13.3. The van der Waals surface area contributed by atoms with E-state index in [0.29, 0.717) is 4.90 Å². The van der Waals surface area contributed by atoms with Crippen LogP contribution in [0.15, 0.2) is 23.1 Å². The zero-order chi connectivity index (χ0) is 10.9. The highest BCUT2D eigenvalue weighted by Crippen LogP contribution is 2.50. The third kappa shape index (κ3) is 2.67. The van der Waals surface area contributed by atoms with E-state index in [9.17, 15) is 8.78 Å². The highest BCUT2D eigenvalue weighted by molar-refractivity contribution is 7.99. The van der Waals surface area contributed by atoms with E-state index in [4.69, 9.17) is 0 Å². The van der Waals surface area contributed by atoms with Crippen LogP contribution < -0.4 is 0 Å². The summed E-state index contributed by atoms with van der Waals surface area (Å²) in [7, 11) is 0. The molecule has 0 nitrogen and oxygen atoms in total. The number of hydrogen-bond acceptors (Lipinski definition) is 2. The predicted octanol–water partition coefficient (Wildman–Crippen LogP) is 3.77. The lowest BCUT2D eigenvalue weighted by molar-refractivity contribution is 0.576. The number of benzene rings is 1. The van der Waals surface area contributed by atoms with Gasteiger partial charge in [-0.3, -0.25) is 0 Å². The number of halogens is 2. The normalized spacial score (nSPS) is 17.8. The van der Waals surface area contributed by atoms with Gasteiger partial charge in [-0.05, 0) is 42.2 Å². The molecule has 1 aromatic rings. The van der Waals surface area contributed by atoms with Crippen LogP contribution in [0.4, 0.5) is 8.78 Å². The molecule has 2 rings (SSSR count). The van der Waals surface area contributed by atoms with Gasteiger partial charge < -0.3 is 0 Å². The predicted molar refractivity (Wildman–Crippen MR) is 62.6 cm³/mol. The van der Waals surface area contributed by atoms with Gasteiger partial charge in [0.2, 0.25) is 0 Å². The van der Waals surface area contributed by atoms with E-state index in [2.05, 4.69) is 12.6 Å². The van der Waals surface area contributed by atoms with Crippen LogP contribution in [0.3, 0.4) is 0 Å². The standard InChI is InChI=1S/C11H12F2S2/c12-8-1-2-9(13)10(5-8)15-7-11(6-14)3-4-11/h1-2,5,14H,3-4,6-7H2. The second-order valence-electron chi connectivity index (χ2n) is 4.02. The molecule has 0 spiro atoms. The molecule has 0 heterocycles. The van der Waals surface area contributed by atoms with Crippen LogP contribution >= 0.6 is 24.4 Å². The van der Waals surface area contributed by atoms with Crippen molar-refractivity contribution in [2.24, 2.45) is 5.41 Å². The van der Waals surface area contributed by atoms with Crippen molar-refractivity contribution < 1.29 is 8.78 Å². The average molecular weight is 246 g/mol. The Bertz CT molecular complexity index is 362. The topological polar surface area (TPSA) is 0 Å². The van der Waals surface area contributed by atoms with Gasteiger partial charge in [0.25, 0.3) is 0 Å².